The Morgan fingerprint density at radius 2 is 2.16 bits per heavy atom. The van der Waals surface area contributed by atoms with Crippen molar-refractivity contribution >= 4 is 5.82 Å². The number of hydrogen-bond acceptors (Lipinski definition) is 4. The summed E-state index contributed by atoms with van der Waals surface area (Å²) in [6.45, 7) is 1.35. The van der Waals surface area contributed by atoms with Crippen LogP contribution in [0.5, 0.6) is 0 Å². The lowest BCUT2D eigenvalue weighted by Gasteiger charge is -2.07. The van der Waals surface area contributed by atoms with Crippen LogP contribution in [0.15, 0.2) is 36.5 Å². The lowest BCUT2D eigenvalue weighted by molar-refractivity contribution is 0.625. The van der Waals surface area contributed by atoms with Crippen molar-refractivity contribution in [3.8, 4) is 0 Å². The lowest BCUT2D eigenvalue weighted by atomic mass is 10.1. The maximum absolute atomic E-state index is 13.0. The van der Waals surface area contributed by atoms with E-state index in [9.17, 15) is 4.39 Å². The van der Waals surface area contributed by atoms with Crippen LogP contribution in [0.3, 0.4) is 0 Å². The van der Waals surface area contributed by atoms with Gasteiger partial charge >= 0.3 is 0 Å². The fourth-order valence-electron chi connectivity index (χ4n) is 1.77. The van der Waals surface area contributed by atoms with Gasteiger partial charge in [0.05, 0.1) is 6.54 Å². The van der Waals surface area contributed by atoms with Crippen LogP contribution in [0.25, 0.3) is 0 Å². The van der Waals surface area contributed by atoms with Gasteiger partial charge in [0.2, 0.25) is 0 Å². The van der Waals surface area contributed by atoms with E-state index >= 15 is 0 Å². The third kappa shape index (κ3) is 4.30. The number of halogens is 1. The van der Waals surface area contributed by atoms with E-state index in [0.29, 0.717) is 13.1 Å². The van der Waals surface area contributed by atoms with E-state index in [4.69, 9.17) is 0 Å². The van der Waals surface area contributed by atoms with Gasteiger partial charge in [0.15, 0.2) is 0 Å². The van der Waals surface area contributed by atoms with E-state index in [1.54, 1.807) is 18.3 Å². The minimum Gasteiger partial charge on any atom is -0.370 e. The molecule has 1 aromatic heterocycles. The predicted molar refractivity (Wildman–Crippen MR) is 73.4 cm³/mol. The van der Waals surface area contributed by atoms with Crippen LogP contribution >= 0.6 is 0 Å². The first-order chi connectivity index (χ1) is 9.28. The second-order valence-corrected chi connectivity index (χ2v) is 4.20. The molecule has 0 saturated heterocycles. The first-order valence-corrected chi connectivity index (χ1v) is 6.23. The molecule has 2 aromatic rings. The number of rotatable bonds is 6. The summed E-state index contributed by atoms with van der Waals surface area (Å²) in [5.41, 5.74) is 0.969. The fourth-order valence-corrected chi connectivity index (χ4v) is 1.77. The molecule has 5 heteroatoms. The molecular weight excluding hydrogens is 243 g/mol. The highest BCUT2D eigenvalue weighted by Crippen LogP contribution is 2.06. The van der Waals surface area contributed by atoms with Crippen molar-refractivity contribution in [2.45, 2.75) is 13.0 Å². The van der Waals surface area contributed by atoms with Crippen molar-refractivity contribution < 1.29 is 4.39 Å². The molecule has 1 heterocycles. The molecule has 0 radical (unpaired) electrons. The van der Waals surface area contributed by atoms with Crippen molar-refractivity contribution in [1.82, 2.24) is 15.3 Å². The summed E-state index contributed by atoms with van der Waals surface area (Å²) in [6.07, 6.45) is 2.48. The topological polar surface area (TPSA) is 49.8 Å². The van der Waals surface area contributed by atoms with Gasteiger partial charge in [-0.3, -0.25) is 0 Å². The molecule has 0 unspecified atom stereocenters. The highest BCUT2D eigenvalue weighted by Gasteiger charge is 1.99. The zero-order valence-corrected chi connectivity index (χ0v) is 10.9. The minimum atomic E-state index is -0.198. The van der Waals surface area contributed by atoms with Gasteiger partial charge in [-0.1, -0.05) is 12.1 Å². The van der Waals surface area contributed by atoms with Crippen molar-refractivity contribution in [3.63, 3.8) is 0 Å². The number of benzene rings is 1. The first-order valence-electron chi connectivity index (χ1n) is 6.23. The number of aromatic nitrogens is 2. The summed E-state index contributed by atoms with van der Waals surface area (Å²) in [6, 6.07) is 8.46. The second-order valence-electron chi connectivity index (χ2n) is 4.20. The number of nitrogens with zero attached hydrogens (tertiary/aromatic N) is 2. The number of nitrogens with one attached hydrogen (secondary N) is 2. The van der Waals surface area contributed by atoms with Crippen LogP contribution in [0.2, 0.25) is 0 Å². The van der Waals surface area contributed by atoms with Gasteiger partial charge in [-0.25, -0.2) is 14.4 Å². The summed E-state index contributed by atoms with van der Waals surface area (Å²) < 4.78 is 13.0. The summed E-state index contributed by atoms with van der Waals surface area (Å²) in [5.74, 6) is 1.34. The van der Waals surface area contributed by atoms with E-state index in [0.717, 1.165) is 23.6 Å². The van der Waals surface area contributed by atoms with Crippen LogP contribution in [-0.2, 0) is 13.0 Å². The maximum Gasteiger partial charge on any atom is 0.144 e. The molecule has 0 atom stereocenters. The van der Waals surface area contributed by atoms with Crippen LogP contribution in [0.1, 0.15) is 11.4 Å². The number of hydrogen-bond donors (Lipinski definition) is 2. The molecule has 19 heavy (non-hydrogen) atoms. The summed E-state index contributed by atoms with van der Waals surface area (Å²) in [4.78, 5) is 8.50. The molecule has 0 fully saturated rings. The fraction of sp³-hybridized carbons (Fsp3) is 0.286. The molecule has 0 aliphatic rings. The molecule has 0 bridgehead atoms. The van der Waals surface area contributed by atoms with E-state index < -0.39 is 0 Å². The number of anilines is 1. The van der Waals surface area contributed by atoms with E-state index in [1.807, 2.05) is 19.2 Å². The molecule has 0 aliphatic carbocycles. The van der Waals surface area contributed by atoms with Gasteiger partial charge < -0.3 is 10.6 Å². The van der Waals surface area contributed by atoms with Gasteiger partial charge in [0.1, 0.15) is 17.5 Å². The Morgan fingerprint density at radius 3 is 2.95 bits per heavy atom. The smallest absolute Gasteiger partial charge is 0.144 e. The Balaban J connectivity index is 1.87. The van der Waals surface area contributed by atoms with Crippen molar-refractivity contribution in [1.29, 1.82) is 0 Å². The quantitative estimate of drug-likeness (QED) is 0.834. The summed E-state index contributed by atoms with van der Waals surface area (Å²) >= 11 is 0. The highest BCUT2D eigenvalue weighted by atomic mass is 19.1. The van der Waals surface area contributed by atoms with Crippen LogP contribution in [0, 0.1) is 5.82 Å². The van der Waals surface area contributed by atoms with Crippen LogP contribution in [-0.4, -0.2) is 23.6 Å². The second kappa shape index (κ2) is 6.80. The maximum atomic E-state index is 13.0. The van der Waals surface area contributed by atoms with Crippen molar-refractivity contribution in [2.24, 2.45) is 0 Å². The van der Waals surface area contributed by atoms with Crippen LogP contribution in [0.4, 0.5) is 10.2 Å². The van der Waals surface area contributed by atoms with Gasteiger partial charge in [-0.05, 0) is 37.2 Å². The Kier molecular flexibility index (Phi) is 4.80. The van der Waals surface area contributed by atoms with Crippen molar-refractivity contribution in [3.05, 3.63) is 53.7 Å². The van der Waals surface area contributed by atoms with Gasteiger partial charge in [0.25, 0.3) is 0 Å². The average molecular weight is 260 g/mol. The normalized spacial score (nSPS) is 10.4. The SMILES string of the molecule is CNCc1nccc(NCCc2cccc(F)c2)n1. The molecular formula is C14H17FN4. The molecule has 0 spiro atoms. The van der Waals surface area contributed by atoms with E-state index in [2.05, 4.69) is 20.6 Å². The largest absolute Gasteiger partial charge is 0.370 e. The molecule has 1 aromatic carbocycles. The zero-order valence-electron chi connectivity index (χ0n) is 10.9. The molecule has 0 saturated carbocycles. The van der Waals surface area contributed by atoms with Gasteiger partial charge in [-0.15, -0.1) is 0 Å². The van der Waals surface area contributed by atoms with E-state index in [1.165, 1.54) is 6.07 Å². The Labute approximate surface area is 112 Å². The third-order valence-corrected chi connectivity index (χ3v) is 2.65. The lowest BCUT2D eigenvalue weighted by Crippen LogP contribution is -2.12. The summed E-state index contributed by atoms with van der Waals surface area (Å²) in [7, 11) is 1.85. The molecule has 0 amide bonds. The summed E-state index contributed by atoms with van der Waals surface area (Å²) in [5, 5.41) is 6.21. The molecule has 100 valence electrons. The van der Waals surface area contributed by atoms with Crippen molar-refractivity contribution in [2.75, 3.05) is 18.9 Å². The average Bonchev–Trinajstić information content (AvgIpc) is 2.40. The van der Waals surface area contributed by atoms with Gasteiger partial charge in [-0.2, -0.15) is 0 Å². The monoisotopic (exact) mass is 260 g/mol. The Bertz CT molecular complexity index is 530. The third-order valence-electron chi connectivity index (χ3n) is 2.65. The zero-order chi connectivity index (χ0) is 13.5. The van der Waals surface area contributed by atoms with E-state index in [-0.39, 0.29) is 5.82 Å². The van der Waals surface area contributed by atoms with Crippen LogP contribution < -0.4 is 10.6 Å². The predicted octanol–water partition coefficient (Wildman–Crippen LogP) is 1.99. The van der Waals surface area contributed by atoms with Gasteiger partial charge in [0, 0.05) is 12.7 Å². The highest BCUT2D eigenvalue weighted by molar-refractivity contribution is 5.33. The molecule has 4 nitrogen and oxygen atoms in total. The molecule has 2 rings (SSSR count). The minimum absolute atomic E-state index is 0.198. The Morgan fingerprint density at radius 1 is 1.26 bits per heavy atom. The molecule has 2 N–H and O–H groups in total. The molecule has 0 aliphatic heterocycles. The standard InChI is InChI=1S/C14H17FN4/c1-16-10-14-18-8-6-13(19-14)17-7-5-11-3-2-4-12(15)9-11/h2-4,6,8-9,16H,5,7,10H2,1H3,(H,17,18,19). The first kappa shape index (κ1) is 13.4. The Hall–Kier alpha value is -2.01.